The average molecular weight is 340 g/mol. The van der Waals surface area contributed by atoms with Gasteiger partial charge in [0.1, 0.15) is 5.82 Å². The van der Waals surface area contributed by atoms with Gasteiger partial charge in [-0.2, -0.15) is 4.98 Å². The molecule has 0 unspecified atom stereocenters. The molecule has 4 rings (SSSR count). The number of fused-ring (bicyclic) bond motifs is 1. The van der Waals surface area contributed by atoms with Crippen molar-refractivity contribution in [3.8, 4) is 0 Å². The molecule has 0 N–H and O–H groups in total. The lowest BCUT2D eigenvalue weighted by molar-refractivity contribution is 1.04. The van der Waals surface area contributed by atoms with Crippen LogP contribution in [0.3, 0.4) is 0 Å². The van der Waals surface area contributed by atoms with Crippen LogP contribution in [0.1, 0.15) is 0 Å². The Morgan fingerprint density at radius 3 is 1.77 bits per heavy atom. The first-order chi connectivity index (χ1) is 12.7. The monoisotopic (exact) mass is 340 g/mol. The van der Waals surface area contributed by atoms with Gasteiger partial charge in [0.15, 0.2) is 0 Å². The Morgan fingerprint density at radius 2 is 1.12 bits per heavy atom. The number of hydrogen-bond donors (Lipinski definition) is 0. The molecule has 4 heteroatoms. The fourth-order valence-corrected chi connectivity index (χ4v) is 2.99. The summed E-state index contributed by atoms with van der Waals surface area (Å²) in [4.78, 5) is 13.8. The maximum Gasteiger partial charge on any atom is 0.232 e. The molecular weight excluding hydrogens is 320 g/mol. The van der Waals surface area contributed by atoms with E-state index in [1.807, 2.05) is 73.6 Å². The van der Waals surface area contributed by atoms with Crippen molar-refractivity contribution in [1.29, 1.82) is 0 Å². The smallest absolute Gasteiger partial charge is 0.232 e. The van der Waals surface area contributed by atoms with Crippen LogP contribution in [0.4, 0.5) is 23.1 Å². The zero-order valence-electron chi connectivity index (χ0n) is 14.9. The second kappa shape index (κ2) is 6.84. The predicted molar refractivity (Wildman–Crippen MR) is 109 cm³/mol. The zero-order valence-corrected chi connectivity index (χ0v) is 14.9. The topological polar surface area (TPSA) is 32.3 Å². The normalized spacial score (nSPS) is 10.7. The number of anilines is 4. The number of benzene rings is 3. The van der Waals surface area contributed by atoms with Gasteiger partial charge in [0.2, 0.25) is 5.95 Å². The summed E-state index contributed by atoms with van der Waals surface area (Å²) >= 11 is 0. The van der Waals surface area contributed by atoms with E-state index in [0.717, 1.165) is 28.1 Å². The fraction of sp³-hybridized carbons (Fsp3) is 0.0909. The van der Waals surface area contributed by atoms with Gasteiger partial charge < -0.3 is 9.80 Å². The van der Waals surface area contributed by atoms with Crippen molar-refractivity contribution in [2.45, 2.75) is 0 Å². The molecule has 0 bridgehead atoms. The Morgan fingerprint density at radius 1 is 0.577 bits per heavy atom. The second-order valence-corrected chi connectivity index (χ2v) is 6.15. The van der Waals surface area contributed by atoms with Crippen LogP contribution in [0.25, 0.3) is 10.9 Å². The molecule has 0 aliphatic rings. The third-order valence-electron chi connectivity index (χ3n) is 4.48. The summed E-state index contributed by atoms with van der Waals surface area (Å²) in [5, 5.41) is 1.03. The fourth-order valence-electron chi connectivity index (χ4n) is 2.99. The highest BCUT2D eigenvalue weighted by molar-refractivity contribution is 5.92. The van der Waals surface area contributed by atoms with E-state index in [1.165, 1.54) is 0 Å². The highest BCUT2D eigenvalue weighted by Crippen LogP contribution is 2.31. The molecule has 0 saturated heterocycles. The molecule has 1 heterocycles. The molecule has 0 spiro atoms. The SMILES string of the molecule is CN(c1ccccc1)c1nc(N(C)c2ccccc2)c2ccccc2n1. The summed E-state index contributed by atoms with van der Waals surface area (Å²) in [6, 6.07) is 28.5. The van der Waals surface area contributed by atoms with E-state index in [4.69, 9.17) is 9.97 Å². The quantitative estimate of drug-likeness (QED) is 0.513. The molecule has 0 radical (unpaired) electrons. The summed E-state index contributed by atoms with van der Waals surface area (Å²) in [6.45, 7) is 0. The van der Waals surface area contributed by atoms with Gasteiger partial charge in [0.25, 0.3) is 0 Å². The molecule has 26 heavy (non-hydrogen) atoms. The van der Waals surface area contributed by atoms with Gasteiger partial charge in [-0.25, -0.2) is 4.98 Å². The van der Waals surface area contributed by atoms with Crippen LogP contribution in [-0.4, -0.2) is 24.1 Å². The molecule has 3 aromatic carbocycles. The molecule has 4 nitrogen and oxygen atoms in total. The van der Waals surface area contributed by atoms with E-state index in [9.17, 15) is 0 Å². The summed E-state index contributed by atoms with van der Waals surface area (Å²) in [6.07, 6.45) is 0. The summed E-state index contributed by atoms with van der Waals surface area (Å²) in [7, 11) is 4.03. The van der Waals surface area contributed by atoms with Gasteiger partial charge in [0.05, 0.1) is 5.52 Å². The predicted octanol–water partition coefficient (Wildman–Crippen LogP) is 5.17. The van der Waals surface area contributed by atoms with E-state index < -0.39 is 0 Å². The lowest BCUT2D eigenvalue weighted by Crippen LogP contribution is -2.17. The number of hydrogen-bond acceptors (Lipinski definition) is 4. The Hall–Kier alpha value is -3.40. The molecule has 0 amide bonds. The summed E-state index contributed by atoms with van der Waals surface area (Å²) < 4.78 is 0. The first-order valence-electron chi connectivity index (χ1n) is 8.58. The van der Waals surface area contributed by atoms with E-state index in [-0.39, 0.29) is 0 Å². The van der Waals surface area contributed by atoms with Crippen LogP contribution < -0.4 is 9.80 Å². The lowest BCUT2D eigenvalue weighted by Gasteiger charge is -2.23. The second-order valence-electron chi connectivity index (χ2n) is 6.15. The van der Waals surface area contributed by atoms with Crippen molar-refractivity contribution in [3.63, 3.8) is 0 Å². The summed E-state index contributed by atoms with van der Waals surface area (Å²) in [5.74, 6) is 1.56. The van der Waals surface area contributed by atoms with Crippen molar-refractivity contribution in [1.82, 2.24) is 9.97 Å². The molecule has 0 fully saturated rings. The Kier molecular flexibility index (Phi) is 4.23. The van der Waals surface area contributed by atoms with Crippen LogP contribution in [0.15, 0.2) is 84.9 Å². The highest BCUT2D eigenvalue weighted by atomic mass is 15.3. The van der Waals surface area contributed by atoms with Gasteiger partial charge in [-0.1, -0.05) is 48.5 Å². The van der Waals surface area contributed by atoms with Gasteiger partial charge in [-0.15, -0.1) is 0 Å². The Labute approximate surface area is 153 Å². The van der Waals surface area contributed by atoms with Crippen molar-refractivity contribution >= 4 is 34.0 Å². The van der Waals surface area contributed by atoms with Crippen molar-refractivity contribution in [3.05, 3.63) is 84.9 Å². The Bertz CT molecular complexity index is 1020. The van der Waals surface area contributed by atoms with Crippen molar-refractivity contribution < 1.29 is 0 Å². The lowest BCUT2D eigenvalue weighted by atomic mass is 10.2. The molecule has 128 valence electrons. The maximum absolute atomic E-state index is 4.89. The third-order valence-corrected chi connectivity index (χ3v) is 4.48. The van der Waals surface area contributed by atoms with Crippen LogP contribution in [0, 0.1) is 0 Å². The maximum atomic E-state index is 4.89. The molecule has 0 saturated carbocycles. The van der Waals surface area contributed by atoms with Gasteiger partial charge in [0, 0.05) is 30.9 Å². The Balaban J connectivity index is 1.86. The summed E-state index contributed by atoms with van der Waals surface area (Å²) in [5.41, 5.74) is 3.07. The highest BCUT2D eigenvalue weighted by Gasteiger charge is 2.15. The largest absolute Gasteiger partial charge is 0.329 e. The van der Waals surface area contributed by atoms with Gasteiger partial charge in [-0.05, 0) is 36.4 Å². The van der Waals surface area contributed by atoms with Crippen LogP contribution in [0.5, 0.6) is 0 Å². The van der Waals surface area contributed by atoms with Crippen molar-refractivity contribution in [2.75, 3.05) is 23.9 Å². The minimum atomic E-state index is 0.674. The standard InChI is InChI=1S/C22H20N4/c1-25(17-11-5-3-6-12-17)21-19-15-9-10-16-20(19)23-22(24-21)26(2)18-13-7-4-8-14-18/h3-16H,1-2H3. The molecule has 1 aromatic heterocycles. The minimum Gasteiger partial charge on any atom is -0.329 e. The first-order valence-corrected chi connectivity index (χ1v) is 8.58. The molecule has 0 aliphatic carbocycles. The average Bonchev–Trinajstić information content (AvgIpc) is 2.73. The molecule has 0 aliphatic heterocycles. The minimum absolute atomic E-state index is 0.674. The molecular formula is C22H20N4. The number of nitrogens with zero attached hydrogens (tertiary/aromatic N) is 4. The number of rotatable bonds is 4. The van der Waals surface area contributed by atoms with E-state index in [0.29, 0.717) is 5.95 Å². The van der Waals surface area contributed by atoms with Gasteiger partial charge >= 0.3 is 0 Å². The van der Waals surface area contributed by atoms with E-state index in [2.05, 4.69) is 35.2 Å². The zero-order chi connectivity index (χ0) is 17.9. The van der Waals surface area contributed by atoms with Crippen LogP contribution >= 0.6 is 0 Å². The third kappa shape index (κ3) is 2.97. The molecule has 0 atom stereocenters. The number of aromatic nitrogens is 2. The molecule has 4 aromatic rings. The number of para-hydroxylation sites is 3. The van der Waals surface area contributed by atoms with E-state index in [1.54, 1.807) is 0 Å². The van der Waals surface area contributed by atoms with Crippen LogP contribution in [0.2, 0.25) is 0 Å². The van der Waals surface area contributed by atoms with Gasteiger partial charge in [-0.3, -0.25) is 0 Å². The van der Waals surface area contributed by atoms with Crippen molar-refractivity contribution in [2.24, 2.45) is 0 Å². The first kappa shape index (κ1) is 16.1. The van der Waals surface area contributed by atoms with E-state index >= 15 is 0 Å². The van der Waals surface area contributed by atoms with Crippen LogP contribution in [-0.2, 0) is 0 Å².